The molecule has 1 saturated carbocycles. The summed E-state index contributed by atoms with van der Waals surface area (Å²) in [6.07, 6.45) is 5.20. The van der Waals surface area contributed by atoms with Crippen LogP contribution in [0, 0.1) is 17.8 Å². The first-order valence-corrected chi connectivity index (χ1v) is 10.7. The summed E-state index contributed by atoms with van der Waals surface area (Å²) in [4.78, 5) is 23.9. The first-order valence-electron chi connectivity index (χ1n) is 9.14. The first kappa shape index (κ1) is 19.6. The van der Waals surface area contributed by atoms with Crippen LogP contribution in [0.15, 0.2) is 29.2 Å². The van der Waals surface area contributed by atoms with Gasteiger partial charge in [0.2, 0.25) is 10.0 Å². The number of nitrogens with two attached hydrogens (primary N) is 1. The average molecular weight is 389 g/mol. The third-order valence-corrected chi connectivity index (χ3v) is 6.23. The molecule has 1 atom stereocenters. The number of benzene rings is 1. The summed E-state index contributed by atoms with van der Waals surface area (Å²) in [5.41, 5.74) is -0.187. The zero-order valence-corrected chi connectivity index (χ0v) is 15.9. The summed E-state index contributed by atoms with van der Waals surface area (Å²) in [7, 11) is -3.77. The van der Waals surface area contributed by atoms with Crippen LogP contribution in [0.4, 0.5) is 0 Å². The van der Waals surface area contributed by atoms with E-state index in [1.165, 1.54) is 12.1 Å². The number of primary sulfonamides is 1. The van der Waals surface area contributed by atoms with Gasteiger partial charge in [0, 0.05) is 18.4 Å². The number of sulfonamides is 1. The van der Waals surface area contributed by atoms with E-state index in [1.807, 2.05) is 0 Å². The van der Waals surface area contributed by atoms with Crippen LogP contribution in [0.3, 0.4) is 0 Å². The minimum atomic E-state index is -3.77. The van der Waals surface area contributed by atoms with Gasteiger partial charge in [-0.25, -0.2) is 13.6 Å². The zero-order chi connectivity index (χ0) is 19.5. The summed E-state index contributed by atoms with van der Waals surface area (Å²) in [6, 6.07) is 6.14. The minimum absolute atomic E-state index is 0.0172. The number of Topliss-reactive ketones (excluding diaryl/α,β-unsaturated/α-hetero) is 1. The van der Waals surface area contributed by atoms with Crippen LogP contribution in [0.1, 0.15) is 56.9 Å². The third-order valence-electron chi connectivity index (χ3n) is 5.32. The van der Waals surface area contributed by atoms with Gasteiger partial charge in [-0.1, -0.05) is 30.7 Å². The molecule has 144 valence electrons. The normalized spacial score (nSPS) is 23.6. The summed E-state index contributed by atoms with van der Waals surface area (Å²) in [6.45, 7) is 0. The van der Waals surface area contributed by atoms with Crippen LogP contribution in [0.25, 0.3) is 0 Å². The van der Waals surface area contributed by atoms with Crippen molar-refractivity contribution in [1.82, 2.24) is 0 Å². The molecule has 0 amide bonds. The molecule has 0 radical (unpaired) electrons. The molecular weight excluding hydrogens is 366 g/mol. The van der Waals surface area contributed by atoms with Crippen LogP contribution in [0.5, 0.6) is 0 Å². The van der Waals surface area contributed by atoms with Crippen molar-refractivity contribution in [1.29, 1.82) is 0 Å². The molecule has 0 spiro atoms. The number of carbonyl (C=O) groups is 2. The molecule has 1 aromatic carbocycles. The maximum Gasteiger partial charge on any atom is 0.313 e. The van der Waals surface area contributed by atoms with Gasteiger partial charge in [0.25, 0.3) is 0 Å². The molecule has 1 aromatic rings. The Balaban J connectivity index is 1.73. The number of rotatable bonds is 4. The second kappa shape index (κ2) is 7.83. The second-order valence-corrected chi connectivity index (χ2v) is 8.85. The molecule has 1 aliphatic heterocycles. The Bertz CT molecular complexity index is 888. The van der Waals surface area contributed by atoms with E-state index in [0.717, 1.165) is 25.7 Å². The van der Waals surface area contributed by atoms with Gasteiger partial charge < -0.3 is 4.74 Å². The van der Waals surface area contributed by atoms with E-state index in [2.05, 4.69) is 11.8 Å². The fourth-order valence-corrected chi connectivity index (χ4v) is 4.63. The highest BCUT2D eigenvalue weighted by Crippen LogP contribution is 2.43. The van der Waals surface area contributed by atoms with E-state index in [1.54, 1.807) is 12.1 Å². The van der Waals surface area contributed by atoms with E-state index in [0.29, 0.717) is 18.4 Å². The van der Waals surface area contributed by atoms with Crippen LogP contribution < -0.4 is 5.14 Å². The number of carbonyl (C=O) groups excluding carboxylic acids is 2. The molecule has 1 saturated heterocycles. The van der Waals surface area contributed by atoms with Gasteiger partial charge in [-0.2, -0.15) is 0 Å². The molecule has 0 aromatic heterocycles. The molecule has 2 N–H and O–H groups in total. The van der Waals surface area contributed by atoms with E-state index in [-0.39, 0.29) is 29.4 Å². The van der Waals surface area contributed by atoms with E-state index >= 15 is 0 Å². The lowest BCUT2D eigenvalue weighted by molar-refractivity contribution is -0.178. The molecule has 0 bridgehead atoms. The number of esters is 1. The average Bonchev–Trinajstić information content (AvgIpc) is 3.13. The van der Waals surface area contributed by atoms with E-state index in [4.69, 9.17) is 9.88 Å². The van der Waals surface area contributed by atoms with Crippen molar-refractivity contribution in [3.05, 3.63) is 29.8 Å². The highest BCUT2D eigenvalue weighted by atomic mass is 32.2. The van der Waals surface area contributed by atoms with Gasteiger partial charge in [-0.3, -0.25) is 9.59 Å². The Morgan fingerprint density at radius 1 is 1.22 bits per heavy atom. The maximum atomic E-state index is 12.0. The lowest BCUT2D eigenvalue weighted by Gasteiger charge is -2.40. The SMILES string of the molecule is NS(=O)(=O)c1cccc(C#CCCC2(C3CCCC3)CC(=O)CC(=O)O2)c1. The monoisotopic (exact) mass is 389 g/mol. The second-order valence-electron chi connectivity index (χ2n) is 7.29. The van der Waals surface area contributed by atoms with Crippen LogP contribution in [-0.2, 0) is 24.3 Å². The standard InChI is InChI=1S/C20H23NO5S/c21-27(24,25)18-10-5-7-15(12-18)6-3-4-11-20(16-8-1-2-9-16)14-17(22)13-19(23)26-20/h5,7,10,12,16H,1-2,4,8-9,11,13-14H2,(H2,21,24,25). The summed E-state index contributed by atoms with van der Waals surface area (Å²) in [5.74, 6) is 5.65. The summed E-state index contributed by atoms with van der Waals surface area (Å²) >= 11 is 0. The number of hydrogen-bond acceptors (Lipinski definition) is 5. The van der Waals surface area contributed by atoms with Gasteiger partial charge in [-0.05, 0) is 43.4 Å². The van der Waals surface area contributed by atoms with Gasteiger partial charge in [-0.15, -0.1) is 0 Å². The minimum Gasteiger partial charge on any atom is -0.458 e. The zero-order valence-electron chi connectivity index (χ0n) is 15.1. The number of hydrogen-bond donors (Lipinski definition) is 1. The summed E-state index contributed by atoms with van der Waals surface area (Å²) in [5, 5.41) is 5.13. The van der Waals surface area contributed by atoms with Crippen molar-refractivity contribution in [2.45, 2.75) is 61.9 Å². The quantitative estimate of drug-likeness (QED) is 0.483. The van der Waals surface area contributed by atoms with Crippen LogP contribution in [-0.4, -0.2) is 25.8 Å². The molecule has 2 fully saturated rings. The first-order chi connectivity index (χ1) is 12.8. The van der Waals surface area contributed by atoms with Crippen LogP contribution >= 0.6 is 0 Å². The van der Waals surface area contributed by atoms with E-state index in [9.17, 15) is 18.0 Å². The molecule has 27 heavy (non-hydrogen) atoms. The fourth-order valence-electron chi connectivity index (χ4n) is 4.07. The topological polar surface area (TPSA) is 104 Å². The summed E-state index contributed by atoms with van der Waals surface area (Å²) < 4.78 is 28.6. The largest absolute Gasteiger partial charge is 0.458 e. The smallest absolute Gasteiger partial charge is 0.313 e. The molecule has 1 aliphatic carbocycles. The molecule has 3 rings (SSSR count). The Kier molecular flexibility index (Phi) is 5.68. The molecule has 6 nitrogen and oxygen atoms in total. The Hall–Kier alpha value is -2.17. The van der Waals surface area contributed by atoms with Crippen molar-refractivity contribution >= 4 is 21.8 Å². The number of ether oxygens (including phenoxy) is 1. The highest BCUT2D eigenvalue weighted by Gasteiger charge is 2.47. The molecule has 2 aliphatic rings. The van der Waals surface area contributed by atoms with Crippen LogP contribution in [0.2, 0.25) is 0 Å². The van der Waals surface area contributed by atoms with Crippen molar-refractivity contribution in [3.8, 4) is 11.8 Å². The van der Waals surface area contributed by atoms with Gasteiger partial charge in [0.1, 0.15) is 17.8 Å². The molecule has 7 heteroatoms. The lowest BCUT2D eigenvalue weighted by Crippen LogP contribution is -2.47. The predicted molar refractivity (Wildman–Crippen MR) is 98.9 cm³/mol. The number of cyclic esters (lactones) is 1. The maximum absolute atomic E-state index is 12.0. The lowest BCUT2D eigenvalue weighted by atomic mass is 9.76. The molecule has 1 unspecified atom stereocenters. The Morgan fingerprint density at radius 2 is 1.96 bits per heavy atom. The number of ketones is 1. The van der Waals surface area contributed by atoms with Gasteiger partial charge >= 0.3 is 5.97 Å². The van der Waals surface area contributed by atoms with E-state index < -0.39 is 21.6 Å². The van der Waals surface area contributed by atoms with Crippen molar-refractivity contribution in [2.24, 2.45) is 11.1 Å². The van der Waals surface area contributed by atoms with Crippen molar-refractivity contribution in [3.63, 3.8) is 0 Å². The van der Waals surface area contributed by atoms with Gasteiger partial charge in [0.05, 0.1) is 4.90 Å². The van der Waals surface area contributed by atoms with Crippen molar-refractivity contribution in [2.75, 3.05) is 0 Å². The Morgan fingerprint density at radius 3 is 2.63 bits per heavy atom. The predicted octanol–water partition coefficient (Wildman–Crippen LogP) is 2.30. The Labute approximate surface area is 159 Å². The molecule has 1 heterocycles. The highest BCUT2D eigenvalue weighted by molar-refractivity contribution is 7.89. The van der Waals surface area contributed by atoms with Gasteiger partial charge in [0.15, 0.2) is 0 Å². The molecular formula is C20H23NO5S. The fraction of sp³-hybridized carbons (Fsp3) is 0.500. The van der Waals surface area contributed by atoms with Crippen molar-refractivity contribution < 1.29 is 22.7 Å². The third kappa shape index (κ3) is 4.76.